The minimum Gasteiger partial charge on any atom is -0.0622 e. The van der Waals surface area contributed by atoms with Gasteiger partial charge in [0.2, 0.25) is 0 Å². The molecule has 0 N–H and O–H groups in total. The molecule has 0 atom stereocenters. The minimum absolute atomic E-state index is 0.766. The normalized spacial score (nSPS) is 26.3. The summed E-state index contributed by atoms with van der Waals surface area (Å²) in [5, 5.41) is 0. The van der Waals surface area contributed by atoms with Gasteiger partial charge in [-0.05, 0) is 24.4 Å². The Morgan fingerprint density at radius 3 is 2.64 bits per heavy atom. The van der Waals surface area contributed by atoms with E-state index in [0.717, 1.165) is 0 Å². The largest absolute Gasteiger partial charge is 0.0629 e. The number of hydrogen-bond donors (Lipinski definition) is 0. The third-order valence-electron chi connectivity index (χ3n) is 1.38. The molecule has 0 heteroatoms. The quantitative estimate of drug-likeness (QED) is 0.688. The van der Waals surface area contributed by atoms with Crippen LogP contribution < -0.4 is 0 Å². The van der Waals surface area contributed by atoms with Crippen LogP contribution in [0.3, 0.4) is 0 Å². The van der Waals surface area contributed by atoms with Gasteiger partial charge in [-0.3, -0.25) is 0 Å². The first-order valence-corrected chi connectivity index (χ1v) is 3.75. The molecule has 0 aliphatic rings. The van der Waals surface area contributed by atoms with Crippen molar-refractivity contribution in [2.75, 3.05) is 0 Å². The number of hydrogen-bond acceptors (Lipinski definition) is 0. The van der Waals surface area contributed by atoms with Crippen LogP contribution >= 0.6 is 0 Å². The van der Waals surface area contributed by atoms with E-state index in [1.165, 1.54) is 0 Å². The van der Waals surface area contributed by atoms with Crippen LogP contribution in [0.4, 0.5) is 0 Å². The standard InChI is InChI=1S/C14H14/c1-12-6-5-9-14(10-12)11-13-7-3-2-4-8-13/h2-10H,11H2,1H3/i1D3,2D,3D,4D,5D,6D,7D,8D,9D,10D,11D2. The third kappa shape index (κ3) is 2.23. The molecule has 0 heterocycles. The summed E-state index contributed by atoms with van der Waals surface area (Å²) >= 11 is 0. The van der Waals surface area contributed by atoms with E-state index in [-0.39, 0.29) is 0 Å². The molecule has 0 nitrogen and oxygen atoms in total. The summed E-state index contributed by atoms with van der Waals surface area (Å²) in [5.74, 6) is 0. The minimum atomic E-state index is -3.06. The van der Waals surface area contributed by atoms with Gasteiger partial charge in [0.1, 0.15) is 0 Å². The fourth-order valence-electron chi connectivity index (χ4n) is 0.844. The first kappa shape index (κ1) is 2.16. The van der Waals surface area contributed by atoms with Crippen molar-refractivity contribution in [1.82, 2.24) is 0 Å². The van der Waals surface area contributed by atoms with Crippen LogP contribution in [0.2, 0.25) is 0 Å². The summed E-state index contributed by atoms with van der Waals surface area (Å²) in [7, 11) is 0. The highest BCUT2D eigenvalue weighted by Gasteiger charge is 1.94. The van der Waals surface area contributed by atoms with E-state index >= 15 is 0 Å². The molecule has 0 saturated carbocycles. The highest BCUT2D eigenvalue weighted by Crippen LogP contribution is 2.10. The Kier molecular flexibility index (Phi) is 0.633. The molecule has 2 aromatic carbocycles. The van der Waals surface area contributed by atoms with Crippen molar-refractivity contribution in [3.05, 3.63) is 71.1 Å². The predicted molar refractivity (Wildman–Crippen MR) is 60.4 cm³/mol. The first-order chi connectivity index (χ1) is 12.6. The number of benzene rings is 2. The Morgan fingerprint density at radius 2 is 1.86 bits per heavy atom. The average molecular weight is 196 g/mol. The maximum absolute atomic E-state index is 8.33. The molecule has 0 spiro atoms. The van der Waals surface area contributed by atoms with Gasteiger partial charge in [0, 0.05) is 6.85 Å². The van der Waals surface area contributed by atoms with E-state index < -0.39 is 84.3 Å². The van der Waals surface area contributed by atoms with Crippen molar-refractivity contribution in [3.63, 3.8) is 0 Å². The lowest BCUT2D eigenvalue weighted by atomic mass is 10.0. The van der Waals surface area contributed by atoms with Gasteiger partial charge in [-0.1, -0.05) is 59.9 Å². The fourth-order valence-corrected chi connectivity index (χ4v) is 0.844. The molecule has 2 rings (SSSR count). The second-order valence-electron chi connectivity index (χ2n) is 2.38. The molecule has 2 aromatic rings. The molecule has 0 bridgehead atoms. The summed E-state index contributed by atoms with van der Waals surface area (Å²) < 4.78 is 110. The van der Waals surface area contributed by atoms with Gasteiger partial charge in [-0.25, -0.2) is 0 Å². The second-order valence-corrected chi connectivity index (χ2v) is 2.38. The zero-order chi connectivity index (χ0) is 21.9. The molecule has 70 valence electrons. The predicted octanol–water partition coefficient (Wildman–Crippen LogP) is 3.59. The maximum Gasteiger partial charge on any atom is 0.0629 e. The SMILES string of the molecule is [2H]c1c([2H])c([2H])c(C([2H])([2H])c2c([2H])c([2H])c([2H])c(C([2H])([2H])[2H])c2[2H])c([2H])c1[2H]. The Morgan fingerprint density at radius 1 is 1.07 bits per heavy atom. The van der Waals surface area contributed by atoms with Crippen molar-refractivity contribution in [2.45, 2.75) is 13.2 Å². The van der Waals surface area contributed by atoms with E-state index in [0.29, 0.717) is 0 Å². The van der Waals surface area contributed by atoms with E-state index in [2.05, 4.69) is 0 Å². The van der Waals surface area contributed by atoms with Crippen molar-refractivity contribution < 1.29 is 19.2 Å². The molecule has 14 heavy (non-hydrogen) atoms. The van der Waals surface area contributed by atoms with Gasteiger partial charge >= 0.3 is 0 Å². The lowest BCUT2D eigenvalue weighted by molar-refractivity contribution is 1.18. The maximum atomic E-state index is 8.33. The molecule has 0 unspecified atom stereocenters. The summed E-state index contributed by atoms with van der Waals surface area (Å²) in [5.41, 5.74) is -2.77. The van der Waals surface area contributed by atoms with Gasteiger partial charge in [0.25, 0.3) is 0 Å². The van der Waals surface area contributed by atoms with Crippen LogP contribution in [0.5, 0.6) is 0 Å². The summed E-state index contributed by atoms with van der Waals surface area (Å²) in [6.45, 7) is -3.05. The molecule has 0 aliphatic carbocycles. The lowest BCUT2D eigenvalue weighted by Crippen LogP contribution is -1.87. The first-order valence-electron chi connectivity index (χ1n) is 10.8. The summed E-state index contributed by atoms with van der Waals surface area (Å²) in [6.07, 6.45) is -3.06. The fraction of sp³-hybridized carbons (Fsp3) is 0.143. The topological polar surface area (TPSA) is 0 Å². The molecular formula is C14H14. The molecule has 0 aliphatic heterocycles. The zero-order valence-corrected chi connectivity index (χ0v) is 7.00. The zero-order valence-electron chi connectivity index (χ0n) is 21.0. The van der Waals surface area contributed by atoms with Gasteiger partial charge in [0.05, 0.1) is 12.3 Å². The van der Waals surface area contributed by atoms with Gasteiger partial charge in [0.15, 0.2) is 0 Å². The molecular weight excluding hydrogens is 168 g/mol. The van der Waals surface area contributed by atoms with E-state index in [9.17, 15) is 0 Å². The van der Waals surface area contributed by atoms with Gasteiger partial charge < -0.3 is 0 Å². The van der Waals surface area contributed by atoms with Crippen LogP contribution in [0.25, 0.3) is 0 Å². The average Bonchev–Trinajstić information content (AvgIpc) is 2.54. The van der Waals surface area contributed by atoms with Crippen molar-refractivity contribution >= 4 is 0 Å². The van der Waals surface area contributed by atoms with Crippen molar-refractivity contribution in [3.8, 4) is 0 Å². The Bertz CT molecular complexity index is 943. The highest BCUT2D eigenvalue weighted by atomic mass is 14.0. The Hall–Kier alpha value is -1.56. The molecule has 0 radical (unpaired) electrons. The van der Waals surface area contributed by atoms with E-state index in [1.807, 2.05) is 0 Å². The van der Waals surface area contributed by atoms with Crippen molar-refractivity contribution in [2.24, 2.45) is 0 Å². The van der Waals surface area contributed by atoms with Crippen LogP contribution in [0, 0.1) is 6.85 Å². The lowest BCUT2D eigenvalue weighted by Gasteiger charge is -2.02. The summed E-state index contributed by atoms with van der Waals surface area (Å²) in [4.78, 5) is 0. The second kappa shape index (κ2) is 4.10. The van der Waals surface area contributed by atoms with Crippen LogP contribution in [0.15, 0.2) is 54.4 Å². The Labute approximate surface area is 105 Å². The van der Waals surface area contributed by atoms with Gasteiger partial charge in [-0.15, -0.1) is 0 Å². The van der Waals surface area contributed by atoms with Crippen LogP contribution in [-0.4, -0.2) is 0 Å². The van der Waals surface area contributed by atoms with Crippen molar-refractivity contribution in [1.29, 1.82) is 0 Å². The molecule has 0 saturated heterocycles. The van der Waals surface area contributed by atoms with Crippen LogP contribution in [0.1, 0.15) is 35.9 Å². The third-order valence-corrected chi connectivity index (χ3v) is 1.38. The number of rotatable bonds is 2. The smallest absolute Gasteiger partial charge is 0.0622 e. The monoisotopic (exact) mass is 196 g/mol. The molecule has 0 fully saturated rings. The van der Waals surface area contributed by atoms with Gasteiger partial charge in [-0.2, -0.15) is 0 Å². The summed E-state index contributed by atoms with van der Waals surface area (Å²) in [6, 6.07) is -8.11. The highest BCUT2D eigenvalue weighted by molar-refractivity contribution is 5.28. The van der Waals surface area contributed by atoms with E-state index in [1.54, 1.807) is 0 Å². The van der Waals surface area contributed by atoms with Crippen LogP contribution in [-0.2, 0) is 6.37 Å². The molecule has 0 amide bonds. The van der Waals surface area contributed by atoms with E-state index in [4.69, 9.17) is 19.2 Å². The molecule has 0 aromatic heterocycles. The Balaban J connectivity index is 3.03.